The molecule has 0 spiro atoms. The molecule has 2 N–H and O–H groups in total. The number of alkyl halides is 2. The number of H-pyrrole nitrogens is 1. The van der Waals surface area contributed by atoms with Gasteiger partial charge in [0, 0.05) is 11.9 Å². The summed E-state index contributed by atoms with van der Waals surface area (Å²) in [4.78, 5) is 24.7. The number of rotatable bonds is 4. The molecule has 0 aliphatic rings. The van der Waals surface area contributed by atoms with Gasteiger partial charge in [0.15, 0.2) is 5.75 Å². The third-order valence-electron chi connectivity index (χ3n) is 2.03. The molecule has 0 radical (unpaired) electrons. The Morgan fingerprint density at radius 2 is 2.24 bits per heavy atom. The van der Waals surface area contributed by atoms with E-state index < -0.39 is 35.6 Å². The molecule has 17 heavy (non-hydrogen) atoms. The van der Waals surface area contributed by atoms with Crippen LogP contribution in [-0.2, 0) is 16.0 Å². The minimum absolute atomic E-state index is 0.116. The van der Waals surface area contributed by atoms with Crippen LogP contribution in [0.1, 0.15) is 24.6 Å². The molecule has 1 aromatic rings. The van der Waals surface area contributed by atoms with Crippen molar-refractivity contribution in [1.29, 1.82) is 0 Å². The number of carbonyl (C=O) groups excluding carboxylic acids is 1. The number of nitrogens with one attached hydrogen (secondary N) is 1. The summed E-state index contributed by atoms with van der Waals surface area (Å²) in [6.45, 7) is 1.69. The van der Waals surface area contributed by atoms with Crippen LogP contribution >= 0.6 is 0 Å². The summed E-state index contributed by atoms with van der Waals surface area (Å²) in [5, 5.41) is 9.02. The van der Waals surface area contributed by atoms with Crippen molar-refractivity contribution in [2.24, 2.45) is 0 Å². The summed E-state index contributed by atoms with van der Waals surface area (Å²) in [6.07, 6.45) is -2.68. The molecule has 0 amide bonds. The maximum Gasteiger partial charge on any atom is 0.311 e. The van der Waals surface area contributed by atoms with Gasteiger partial charge in [-0.1, -0.05) is 0 Å². The minimum Gasteiger partial charge on any atom is -0.503 e. The van der Waals surface area contributed by atoms with Crippen molar-refractivity contribution in [3.63, 3.8) is 0 Å². The first-order chi connectivity index (χ1) is 7.97. The average Bonchev–Trinajstić information content (AvgIpc) is 2.23. The van der Waals surface area contributed by atoms with E-state index in [-0.39, 0.29) is 12.3 Å². The van der Waals surface area contributed by atoms with Gasteiger partial charge >= 0.3 is 5.97 Å². The van der Waals surface area contributed by atoms with Gasteiger partial charge in [-0.3, -0.25) is 9.59 Å². The van der Waals surface area contributed by atoms with Crippen molar-refractivity contribution in [3.8, 4) is 5.75 Å². The minimum atomic E-state index is -3.07. The van der Waals surface area contributed by atoms with E-state index in [1.807, 2.05) is 0 Å². The van der Waals surface area contributed by atoms with E-state index >= 15 is 0 Å². The number of hydrogen-bond acceptors (Lipinski definition) is 4. The highest BCUT2D eigenvalue weighted by Crippen LogP contribution is 2.20. The Labute approximate surface area is 95.0 Å². The van der Waals surface area contributed by atoms with E-state index in [1.54, 1.807) is 6.92 Å². The van der Waals surface area contributed by atoms with Crippen molar-refractivity contribution >= 4 is 5.97 Å². The van der Waals surface area contributed by atoms with Gasteiger partial charge in [-0.2, -0.15) is 0 Å². The molecule has 0 aromatic carbocycles. The summed E-state index contributed by atoms with van der Waals surface area (Å²) in [6, 6.07) is 0. The van der Waals surface area contributed by atoms with E-state index in [4.69, 9.17) is 5.11 Å². The summed E-state index contributed by atoms with van der Waals surface area (Å²) < 4.78 is 29.8. The van der Waals surface area contributed by atoms with Crippen molar-refractivity contribution in [2.75, 3.05) is 6.61 Å². The molecule has 5 nitrogen and oxygen atoms in total. The van der Waals surface area contributed by atoms with Crippen molar-refractivity contribution in [2.45, 2.75) is 19.8 Å². The van der Waals surface area contributed by atoms with E-state index in [0.717, 1.165) is 6.20 Å². The summed E-state index contributed by atoms with van der Waals surface area (Å²) >= 11 is 0. The standard InChI is InChI=1S/C10H11F2NO4/c1-2-17-7(15)3-5-8(10(11)12)9(16)6(14)4-13-5/h4,10,14H,2-3H2,1H3,(H,13,16). The number of pyridine rings is 1. The molecule has 1 rings (SSSR count). The molecule has 0 saturated carbocycles. The Bertz CT molecular complexity index is 470. The van der Waals surface area contributed by atoms with E-state index in [2.05, 4.69) is 9.72 Å². The van der Waals surface area contributed by atoms with Gasteiger partial charge in [-0.05, 0) is 6.92 Å². The summed E-state index contributed by atoms with van der Waals surface area (Å²) in [7, 11) is 0. The van der Waals surface area contributed by atoms with Crippen LogP contribution in [0, 0.1) is 0 Å². The number of esters is 1. The highest BCUT2D eigenvalue weighted by atomic mass is 19.3. The maximum atomic E-state index is 12.6. The van der Waals surface area contributed by atoms with Gasteiger partial charge in [0.2, 0.25) is 5.43 Å². The molecular weight excluding hydrogens is 236 g/mol. The lowest BCUT2D eigenvalue weighted by atomic mass is 10.1. The second-order valence-corrected chi connectivity index (χ2v) is 3.18. The third-order valence-corrected chi connectivity index (χ3v) is 2.03. The molecule has 0 atom stereocenters. The molecule has 1 aromatic heterocycles. The van der Waals surface area contributed by atoms with Crippen LogP contribution < -0.4 is 5.43 Å². The zero-order valence-corrected chi connectivity index (χ0v) is 9.00. The zero-order valence-electron chi connectivity index (χ0n) is 9.00. The number of carbonyl (C=O) groups is 1. The van der Waals surface area contributed by atoms with E-state index in [1.165, 1.54) is 0 Å². The number of ether oxygens (including phenoxy) is 1. The summed E-state index contributed by atoms with van der Waals surface area (Å²) in [5.41, 5.74) is -2.34. The maximum absolute atomic E-state index is 12.6. The molecule has 1 heterocycles. The fraction of sp³-hybridized carbons (Fsp3) is 0.400. The molecular formula is C10H11F2NO4. The zero-order chi connectivity index (χ0) is 13.0. The number of aromatic amines is 1. The first-order valence-electron chi connectivity index (χ1n) is 4.84. The van der Waals surface area contributed by atoms with Crippen molar-refractivity contribution < 1.29 is 23.4 Å². The van der Waals surface area contributed by atoms with Gasteiger partial charge in [0.25, 0.3) is 6.43 Å². The quantitative estimate of drug-likeness (QED) is 0.781. The molecule has 0 bridgehead atoms. The van der Waals surface area contributed by atoms with E-state index in [9.17, 15) is 18.4 Å². The predicted octanol–water partition coefficient (Wildman–Crippen LogP) is 1.12. The number of halogens is 2. The normalized spacial score (nSPS) is 10.6. The van der Waals surface area contributed by atoms with Crippen LogP contribution in [-0.4, -0.2) is 22.7 Å². The lowest BCUT2D eigenvalue weighted by Crippen LogP contribution is -2.18. The fourth-order valence-corrected chi connectivity index (χ4v) is 1.31. The first kappa shape index (κ1) is 13.1. The van der Waals surface area contributed by atoms with Crippen LogP contribution in [0.2, 0.25) is 0 Å². The Kier molecular flexibility index (Phi) is 4.19. The van der Waals surface area contributed by atoms with Gasteiger partial charge in [-0.25, -0.2) is 8.78 Å². The van der Waals surface area contributed by atoms with Gasteiger partial charge in [0.05, 0.1) is 18.6 Å². The highest BCUT2D eigenvalue weighted by molar-refractivity contribution is 5.72. The smallest absolute Gasteiger partial charge is 0.311 e. The van der Waals surface area contributed by atoms with Gasteiger partial charge in [-0.15, -0.1) is 0 Å². The third kappa shape index (κ3) is 3.02. The van der Waals surface area contributed by atoms with Crippen molar-refractivity contribution in [1.82, 2.24) is 4.98 Å². The molecule has 0 aliphatic heterocycles. The SMILES string of the molecule is CCOC(=O)Cc1[nH]cc(O)c(=O)c1C(F)F. The molecule has 0 fully saturated rings. The molecule has 94 valence electrons. The van der Waals surface area contributed by atoms with Gasteiger partial charge < -0.3 is 14.8 Å². The molecule has 0 aliphatic carbocycles. The Hall–Kier alpha value is -1.92. The van der Waals surface area contributed by atoms with Crippen LogP contribution in [0.4, 0.5) is 8.78 Å². The van der Waals surface area contributed by atoms with Gasteiger partial charge in [0.1, 0.15) is 0 Å². The predicted molar refractivity (Wildman–Crippen MR) is 54.0 cm³/mol. The number of aromatic nitrogens is 1. The average molecular weight is 247 g/mol. The van der Waals surface area contributed by atoms with Crippen LogP contribution in [0.15, 0.2) is 11.0 Å². The molecule has 0 saturated heterocycles. The van der Waals surface area contributed by atoms with Crippen molar-refractivity contribution in [3.05, 3.63) is 27.7 Å². The van der Waals surface area contributed by atoms with E-state index in [0.29, 0.717) is 0 Å². The largest absolute Gasteiger partial charge is 0.503 e. The number of hydrogen-bond donors (Lipinski definition) is 2. The summed E-state index contributed by atoms with van der Waals surface area (Å²) in [5.74, 6) is -1.54. The topological polar surface area (TPSA) is 79.4 Å². The Morgan fingerprint density at radius 3 is 2.76 bits per heavy atom. The van der Waals surface area contributed by atoms with Crippen LogP contribution in [0.5, 0.6) is 5.75 Å². The molecule has 7 heteroatoms. The highest BCUT2D eigenvalue weighted by Gasteiger charge is 2.21. The van der Waals surface area contributed by atoms with Crippen LogP contribution in [0.3, 0.4) is 0 Å². The number of aromatic hydroxyl groups is 1. The second kappa shape index (κ2) is 5.42. The first-order valence-corrected chi connectivity index (χ1v) is 4.84. The molecule has 0 unspecified atom stereocenters. The fourth-order valence-electron chi connectivity index (χ4n) is 1.31. The lowest BCUT2D eigenvalue weighted by molar-refractivity contribution is -0.142. The second-order valence-electron chi connectivity index (χ2n) is 3.18. The Morgan fingerprint density at radius 1 is 1.59 bits per heavy atom. The Balaban J connectivity index is 3.12. The monoisotopic (exact) mass is 247 g/mol. The lowest BCUT2D eigenvalue weighted by Gasteiger charge is -2.08. The van der Waals surface area contributed by atoms with Crippen LogP contribution in [0.25, 0.3) is 0 Å².